The Hall–Kier alpha value is -3.97. The number of rotatable bonds is 3. The zero-order chi connectivity index (χ0) is 28.2. The second kappa shape index (κ2) is 11.8. The van der Waals surface area contributed by atoms with E-state index in [0.717, 1.165) is 23.7 Å². The Morgan fingerprint density at radius 1 is 1.00 bits per heavy atom. The third-order valence-electron chi connectivity index (χ3n) is 5.66. The van der Waals surface area contributed by atoms with Crippen molar-refractivity contribution in [3.8, 4) is 11.5 Å². The Bertz CT molecular complexity index is 1470. The number of alkyl halides is 3. The minimum atomic E-state index is -5.08. The van der Waals surface area contributed by atoms with Crippen LogP contribution in [0.25, 0.3) is 22.4 Å². The monoisotopic (exact) mass is 582 g/mol. The Morgan fingerprint density at radius 3 is 2.28 bits per heavy atom. The average molecular weight is 583 g/mol. The highest BCUT2D eigenvalue weighted by molar-refractivity contribution is 6.33. The van der Waals surface area contributed by atoms with E-state index in [1.807, 2.05) is 36.4 Å². The summed E-state index contributed by atoms with van der Waals surface area (Å²) in [5.41, 5.74) is 2.06. The maximum atomic E-state index is 12.6. The molecule has 0 unspecified atom stereocenters. The third-order valence-corrected chi connectivity index (χ3v) is 6.04. The van der Waals surface area contributed by atoms with Crippen LogP contribution in [0.4, 0.5) is 23.7 Å². The number of halogens is 5. The Morgan fingerprint density at radius 2 is 1.64 bits per heavy atom. The third kappa shape index (κ3) is 7.33. The lowest BCUT2D eigenvalue weighted by molar-refractivity contribution is -0.192. The molecule has 15 heteroatoms. The van der Waals surface area contributed by atoms with Crippen LogP contribution in [0.5, 0.6) is 0 Å². The normalized spacial score (nSPS) is 14.0. The van der Waals surface area contributed by atoms with E-state index < -0.39 is 12.1 Å². The number of urea groups is 1. The number of carbonyl (C=O) groups excluding carboxylic acids is 1. The van der Waals surface area contributed by atoms with Gasteiger partial charge in [-0.05, 0) is 37.1 Å². The number of piperidine rings is 1. The largest absolute Gasteiger partial charge is 0.490 e. The topological polar surface area (TPSA) is 134 Å². The number of nitrogens with one attached hydrogen (secondary N) is 1. The van der Waals surface area contributed by atoms with E-state index in [2.05, 4.69) is 25.4 Å². The number of hydrogen-bond donors (Lipinski definition) is 2. The number of anilines is 1. The van der Waals surface area contributed by atoms with Gasteiger partial charge in [-0.15, -0.1) is 0 Å². The number of carboxylic acids is 1. The summed E-state index contributed by atoms with van der Waals surface area (Å²) in [5, 5.41) is 15.6. The van der Waals surface area contributed by atoms with E-state index in [4.69, 9.17) is 37.6 Å². The van der Waals surface area contributed by atoms with Crippen molar-refractivity contribution in [3.05, 3.63) is 64.7 Å². The van der Waals surface area contributed by atoms with Crippen molar-refractivity contribution in [2.75, 3.05) is 18.4 Å². The predicted octanol–water partition coefficient (Wildman–Crippen LogP) is 6.03. The molecule has 0 saturated carbocycles. The summed E-state index contributed by atoms with van der Waals surface area (Å²) in [5.74, 6) is -1.63. The first-order valence-corrected chi connectivity index (χ1v) is 12.1. The van der Waals surface area contributed by atoms with Crippen molar-refractivity contribution in [1.82, 2.24) is 25.0 Å². The number of pyridine rings is 2. The van der Waals surface area contributed by atoms with E-state index in [1.54, 1.807) is 17.0 Å². The van der Waals surface area contributed by atoms with Crippen LogP contribution >= 0.6 is 23.2 Å². The zero-order valence-corrected chi connectivity index (χ0v) is 21.3. The summed E-state index contributed by atoms with van der Waals surface area (Å²) < 4.78 is 37.3. The lowest BCUT2D eigenvalue weighted by Gasteiger charge is -2.30. The fourth-order valence-corrected chi connectivity index (χ4v) is 4.23. The molecule has 39 heavy (non-hydrogen) atoms. The number of carboxylic acid groups (broad SMARTS) is 1. The number of amides is 2. The predicted molar refractivity (Wildman–Crippen MR) is 136 cm³/mol. The van der Waals surface area contributed by atoms with Crippen LogP contribution < -0.4 is 5.32 Å². The van der Waals surface area contributed by atoms with Crippen molar-refractivity contribution in [1.29, 1.82) is 0 Å². The van der Waals surface area contributed by atoms with Gasteiger partial charge in [0.2, 0.25) is 11.7 Å². The molecule has 1 saturated heterocycles. The molecular formula is C24H19Cl2F3N6O4. The molecule has 0 bridgehead atoms. The molecule has 0 aliphatic carbocycles. The van der Waals surface area contributed by atoms with Crippen molar-refractivity contribution in [2.45, 2.75) is 24.9 Å². The quantitative estimate of drug-likeness (QED) is 0.279. The first-order valence-electron chi connectivity index (χ1n) is 11.4. The smallest absolute Gasteiger partial charge is 0.475 e. The molecule has 204 valence electrons. The molecule has 1 aliphatic rings. The van der Waals surface area contributed by atoms with Gasteiger partial charge in [-0.3, -0.25) is 0 Å². The number of carbonyl (C=O) groups is 2. The van der Waals surface area contributed by atoms with Crippen LogP contribution in [-0.2, 0) is 4.79 Å². The maximum Gasteiger partial charge on any atom is 0.490 e. The second-order valence-corrected chi connectivity index (χ2v) is 9.12. The van der Waals surface area contributed by atoms with Crippen LogP contribution in [0.1, 0.15) is 24.7 Å². The minimum absolute atomic E-state index is 0.0885. The molecule has 0 atom stereocenters. The van der Waals surface area contributed by atoms with E-state index in [1.165, 1.54) is 0 Å². The van der Waals surface area contributed by atoms with Gasteiger partial charge in [0.25, 0.3) is 0 Å². The number of fused-ring (bicyclic) bond motifs is 1. The Kier molecular flexibility index (Phi) is 8.51. The van der Waals surface area contributed by atoms with Gasteiger partial charge in [0.05, 0.1) is 5.52 Å². The summed E-state index contributed by atoms with van der Waals surface area (Å²) in [6, 6.07) is 14.7. The number of aromatic nitrogens is 4. The number of benzene rings is 1. The molecule has 0 radical (unpaired) electrons. The first kappa shape index (κ1) is 28.0. The molecule has 2 amide bonds. The maximum absolute atomic E-state index is 12.6. The molecule has 4 heterocycles. The van der Waals surface area contributed by atoms with E-state index in [9.17, 15) is 18.0 Å². The highest BCUT2D eigenvalue weighted by Gasteiger charge is 2.38. The number of aliphatic carboxylic acids is 1. The molecule has 1 fully saturated rings. The SMILES string of the molecule is O=C(Nc1cc(Cl)nc(Cl)c1)N1CCC(c2nc(-c3ccc4ccccc4n3)no2)CC1.O=C(O)C(F)(F)F. The molecule has 10 nitrogen and oxygen atoms in total. The number of para-hydroxylation sites is 1. The second-order valence-electron chi connectivity index (χ2n) is 8.34. The van der Waals surface area contributed by atoms with Gasteiger partial charge < -0.3 is 19.8 Å². The van der Waals surface area contributed by atoms with Gasteiger partial charge in [0.1, 0.15) is 16.0 Å². The standard InChI is InChI=1S/C22H18Cl2N6O2.C2HF3O2/c23-18-11-15(12-19(24)27-18)25-22(31)30-9-7-14(8-10-30)21-28-20(29-32-21)17-6-5-13-3-1-2-4-16(13)26-17;3-2(4,5)1(6)7/h1-6,11-12,14H,7-10H2,(H,25,27,31);(H,6,7). The van der Waals surface area contributed by atoms with Gasteiger partial charge in [-0.1, -0.05) is 52.6 Å². The van der Waals surface area contributed by atoms with Crippen molar-refractivity contribution in [2.24, 2.45) is 0 Å². The summed E-state index contributed by atoms with van der Waals surface area (Å²) >= 11 is 11.8. The van der Waals surface area contributed by atoms with Crippen LogP contribution in [0.15, 0.2) is 53.1 Å². The number of hydrogen-bond acceptors (Lipinski definition) is 7. The zero-order valence-electron chi connectivity index (χ0n) is 19.8. The van der Waals surface area contributed by atoms with Crippen LogP contribution in [0, 0.1) is 0 Å². The summed E-state index contributed by atoms with van der Waals surface area (Å²) in [7, 11) is 0. The number of nitrogens with zero attached hydrogens (tertiary/aromatic N) is 5. The minimum Gasteiger partial charge on any atom is -0.475 e. The van der Waals surface area contributed by atoms with Crippen LogP contribution in [0.2, 0.25) is 10.3 Å². The molecule has 1 aromatic carbocycles. The first-order chi connectivity index (χ1) is 18.5. The van der Waals surface area contributed by atoms with Crippen molar-refractivity contribution < 1.29 is 32.4 Å². The van der Waals surface area contributed by atoms with Gasteiger partial charge in [0, 0.05) is 30.1 Å². The summed E-state index contributed by atoms with van der Waals surface area (Å²) in [4.78, 5) is 36.3. The molecule has 1 aliphatic heterocycles. The molecule has 0 spiro atoms. The van der Waals surface area contributed by atoms with E-state index in [0.29, 0.717) is 36.2 Å². The molecule has 4 aromatic rings. The molecule has 2 N–H and O–H groups in total. The van der Waals surface area contributed by atoms with Gasteiger partial charge in [-0.25, -0.2) is 19.6 Å². The lowest BCUT2D eigenvalue weighted by Crippen LogP contribution is -2.40. The number of likely N-dealkylation sites (tertiary alicyclic amines) is 1. The average Bonchev–Trinajstić information content (AvgIpc) is 3.38. The fraction of sp³-hybridized carbons (Fsp3) is 0.250. The fourth-order valence-electron chi connectivity index (χ4n) is 3.76. The Labute approximate surface area is 228 Å². The summed E-state index contributed by atoms with van der Waals surface area (Å²) in [6.45, 7) is 1.13. The van der Waals surface area contributed by atoms with Gasteiger partial charge in [0.15, 0.2) is 0 Å². The van der Waals surface area contributed by atoms with E-state index in [-0.39, 0.29) is 22.3 Å². The van der Waals surface area contributed by atoms with Crippen molar-refractivity contribution >= 4 is 51.8 Å². The highest BCUT2D eigenvalue weighted by Crippen LogP contribution is 2.29. The Balaban J connectivity index is 0.000000448. The van der Waals surface area contributed by atoms with E-state index >= 15 is 0 Å². The van der Waals surface area contributed by atoms with Gasteiger partial charge >= 0.3 is 18.2 Å². The van der Waals surface area contributed by atoms with Gasteiger partial charge in [-0.2, -0.15) is 18.2 Å². The highest BCUT2D eigenvalue weighted by atomic mass is 35.5. The lowest BCUT2D eigenvalue weighted by atomic mass is 9.97. The van der Waals surface area contributed by atoms with Crippen molar-refractivity contribution in [3.63, 3.8) is 0 Å². The summed E-state index contributed by atoms with van der Waals surface area (Å²) in [6.07, 6.45) is -3.64. The molecule has 5 rings (SSSR count). The van der Waals surface area contributed by atoms with Crippen LogP contribution in [-0.4, -0.2) is 61.4 Å². The molecule has 3 aromatic heterocycles. The van der Waals surface area contributed by atoms with Crippen LogP contribution in [0.3, 0.4) is 0 Å². The molecular weight excluding hydrogens is 564 g/mol.